The number of fused-ring (bicyclic) bond motifs is 1. The van der Waals surface area contributed by atoms with Crippen molar-refractivity contribution in [3.63, 3.8) is 0 Å². The molecular weight excluding hydrogens is 320 g/mol. The topological polar surface area (TPSA) is 76.2 Å². The van der Waals surface area contributed by atoms with E-state index in [0.717, 1.165) is 0 Å². The lowest BCUT2D eigenvalue weighted by molar-refractivity contribution is -0.138. The largest absolute Gasteiger partial charge is 0.381 e. The number of likely N-dealkylation sites (tertiary alicyclic amines) is 1. The van der Waals surface area contributed by atoms with Crippen LogP contribution in [0.25, 0.3) is 0 Å². The molecule has 4 fully saturated rings. The van der Waals surface area contributed by atoms with Gasteiger partial charge in [-0.15, -0.1) is 0 Å². The van der Waals surface area contributed by atoms with Gasteiger partial charge in [0.25, 0.3) is 0 Å². The van der Waals surface area contributed by atoms with Crippen LogP contribution >= 0.6 is 0 Å². The number of ether oxygens (including phenoxy) is 2. The Kier molecular flexibility index (Phi) is 3.71. The van der Waals surface area contributed by atoms with E-state index in [1.807, 2.05) is 4.90 Å². The molecule has 0 N–H and O–H groups in total. The molecule has 0 aromatic heterocycles. The van der Waals surface area contributed by atoms with Crippen molar-refractivity contribution >= 4 is 15.9 Å². The molecule has 1 saturated carbocycles. The number of rotatable bonds is 2. The Morgan fingerprint density at radius 1 is 1.09 bits per heavy atom. The first-order valence-corrected chi connectivity index (χ1v) is 10.2. The summed E-state index contributed by atoms with van der Waals surface area (Å²) in [5.74, 6) is 1.22. The van der Waals surface area contributed by atoms with E-state index in [2.05, 4.69) is 0 Å². The summed E-state index contributed by atoms with van der Waals surface area (Å²) in [4.78, 5) is 14.6. The Morgan fingerprint density at radius 3 is 2.35 bits per heavy atom. The number of sulfonamides is 1. The first kappa shape index (κ1) is 15.8. The Hall–Kier alpha value is -0.700. The first-order valence-electron chi connectivity index (χ1n) is 8.34. The van der Waals surface area contributed by atoms with Crippen LogP contribution in [0.1, 0.15) is 12.8 Å². The summed E-state index contributed by atoms with van der Waals surface area (Å²) in [5, 5.41) is 0. The smallest absolute Gasteiger partial charge is 0.226 e. The molecule has 1 amide bonds. The minimum absolute atomic E-state index is 0.145. The zero-order valence-corrected chi connectivity index (χ0v) is 14.3. The minimum atomic E-state index is -3.25. The fraction of sp³-hybridized carbons (Fsp3) is 0.933. The summed E-state index contributed by atoms with van der Waals surface area (Å²) in [6, 6.07) is 0. The third kappa shape index (κ3) is 2.59. The predicted molar refractivity (Wildman–Crippen MR) is 82.2 cm³/mol. The van der Waals surface area contributed by atoms with Crippen molar-refractivity contribution in [1.82, 2.24) is 9.21 Å². The molecule has 8 heteroatoms. The lowest BCUT2D eigenvalue weighted by Crippen LogP contribution is -2.63. The summed E-state index contributed by atoms with van der Waals surface area (Å²) in [5.41, 5.74) is -0.467. The zero-order valence-electron chi connectivity index (χ0n) is 13.4. The Morgan fingerprint density at radius 2 is 1.74 bits per heavy atom. The number of morpholine rings is 1. The van der Waals surface area contributed by atoms with Crippen molar-refractivity contribution in [2.24, 2.45) is 17.8 Å². The van der Waals surface area contributed by atoms with Crippen LogP contribution in [0.3, 0.4) is 0 Å². The minimum Gasteiger partial charge on any atom is -0.381 e. The van der Waals surface area contributed by atoms with Gasteiger partial charge < -0.3 is 14.4 Å². The number of carbonyl (C=O) groups is 1. The average Bonchev–Trinajstić information content (AvgIpc) is 2.99. The maximum atomic E-state index is 12.6. The molecule has 3 heterocycles. The van der Waals surface area contributed by atoms with Crippen molar-refractivity contribution in [2.45, 2.75) is 18.4 Å². The van der Waals surface area contributed by atoms with Crippen LogP contribution in [0, 0.1) is 17.8 Å². The van der Waals surface area contributed by atoms with Crippen LogP contribution in [0.2, 0.25) is 0 Å². The highest BCUT2D eigenvalue weighted by Crippen LogP contribution is 2.52. The second kappa shape index (κ2) is 5.40. The van der Waals surface area contributed by atoms with E-state index in [1.54, 1.807) is 4.31 Å². The summed E-state index contributed by atoms with van der Waals surface area (Å²) >= 11 is 0. The molecular formula is C15H24N2O5S. The molecule has 23 heavy (non-hydrogen) atoms. The normalized spacial score (nSPS) is 36.9. The van der Waals surface area contributed by atoms with Gasteiger partial charge in [-0.25, -0.2) is 8.42 Å². The molecule has 3 atom stereocenters. The van der Waals surface area contributed by atoms with Gasteiger partial charge in [0.1, 0.15) is 0 Å². The molecule has 4 rings (SSSR count). The second-order valence-electron chi connectivity index (χ2n) is 7.33. The molecule has 0 aromatic carbocycles. The van der Waals surface area contributed by atoms with E-state index in [-0.39, 0.29) is 11.8 Å². The van der Waals surface area contributed by atoms with E-state index in [4.69, 9.17) is 9.47 Å². The first-order chi connectivity index (χ1) is 10.9. The highest BCUT2D eigenvalue weighted by atomic mass is 32.2. The third-order valence-corrected chi connectivity index (χ3v) is 7.35. The summed E-state index contributed by atoms with van der Waals surface area (Å²) in [7, 11) is -3.25. The highest BCUT2D eigenvalue weighted by Gasteiger charge is 2.59. The quantitative estimate of drug-likeness (QED) is 0.677. The van der Waals surface area contributed by atoms with Crippen molar-refractivity contribution in [1.29, 1.82) is 0 Å². The van der Waals surface area contributed by atoms with Gasteiger partial charge in [-0.1, -0.05) is 0 Å². The van der Waals surface area contributed by atoms with Crippen molar-refractivity contribution < 1.29 is 22.7 Å². The number of amides is 1. The molecule has 0 bridgehead atoms. The van der Waals surface area contributed by atoms with Crippen molar-refractivity contribution in [3.8, 4) is 0 Å². The number of hydrogen-bond donors (Lipinski definition) is 0. The average molecular weight is 344 g/mol. The molecule has 1 aliphatic carbocycles. The van der Waals surface area contributed by atoms with Gasteiger partial charge in [0, 0.05) is 25.6 Å². The molecule has 1 unspecified atom stereocenters. The van der Waals surface area contributed by atoms with Gasteiger partial charge in [0.2, 0.25) is 15.9 Å². The number of carbonyl (C=O) groups excluding carboxylic acids is 1. The Balaban J connectivity index is 1.42. The number of nitrogens with zero attached hydrogens (tertiary/aromatic N) is 2. The van der Waals surface area contributed by atoms with E-state index in [1.165, 1.54) is 6.26 Å². The van der Waals surface area contributed by atoms with E-state index in [9.17, 15) is 13.2 Å². The molecule has 1 spiro atoms. The fourth-order valence-electron chi connectivity index (χ4n) is 4.59. The monoisotopic (exact) mass is 344 g/mol. The lowest BCUT2D eigenvalue weighted by atomic mass is 9.87. The van der Waals surface area contributed by atoms with Crippen LogP contribution in [-0.2, 0) is 24.3 Å². The van der Waals surface area contributed by atoms with E-state index >= 15 is 0 Å². The van der Waals surface area contributed by atoms with Crippen LogP contribution < -0.4 is 0 Å². The predicted octanol–water partition coefficient (Wildman–Crippen LogP) is -0.468. The van der Waals surface area contributed by atoms with Crippen LogP contribution in [0.4, 0.5) is 0 Å². The lowest BCUT2D eigenvalue weighted by Gasteiger charge is -2.49. The molecule has 130 valence electrons. The molecule has 0 radical (unpaired) electrons. The summed E-state index contributed by atoms with van der Waals surface area (Å²) in [6.45, 7) is 3.96. The Bertz CT molecular complexity index is 589. The molecule has 3 aliphatic heterocycles. The van der Waals surface area contributed by atoms with Crippen LogP contribution in [0.15, 0.2) is 0 Å². The molecule has 3 saturated heterocycles. The fourth-order valence-corrected chi connectivity index (χ4v) is 5.94. The maximum absolute atomic E-state index is 12.6. The van der Waals surface area contributed by atoms with Gasteiger partial charge in [-0.3, -0.25) is 4.79 Å². The second-order valence-corrected chi connectivity index (χ2v) is 9.24. The van der Waals surface area contributed by atoms with E-state index in [0.29, 0.717) is 70.7 Å². The maximum Gasteiger partial charge on any atom is 0.226 e. The van der Waals surface area contributed by atoms with Gasteiger partial charge in [0.15, 0.2) is 0 Å². The standard InChI is InChI=1S/C15H24N2O5S/c1-23(19,20)17-6-7-21-10-15(17)2-4-16(5-3-15)14(18)13-11-8-22-9-12(11)13/h11-13H,2-10H2,1H3/t11-,12+,13?. The van der Waals surface area contributed by atoms with Gasteiger partial charge >= 0.3 is 0 Å². The van der Waals surface area contributed by atoms with Gasteiger partial charge in [-0.05, 0) is 24.7 Å². The van der Waals surface area contributed by atoms with Crippen LogP contribution in [-0.4, -0.2) is 81.4 Å². The summed E-state index contributed by atoms with van der Waals surface area (Å²) < 4.78 is 36.7. The SMILES string of the molecule is CS(=O)(=O)N1CCOCC12CCN(C(=O)C1[C@H]3COC[C@@H]13)CC2. The zero-order chi connectivity index (χ0) is 16.2. The number of piperidine rings is 1. The van der Waals surface area contributed by atoms with Gasteiger partial charge in [-0.2, -0.15) is 4.31 Å². The molecule has 4 aliphatic rings. The van der Waals surface area contributed by atoms with Gasteiger partial charge in [0.05, 0.1) is 38.2 Å². The Labute approximate surface area is 136 Å². The highest BCUT2D eigenvalue weighted by molar-refractivity contribution is 7.88. The third-order valence-electron chi connectivity index (χ3n) is 5.98. The van der Waals surface area contributed by atoms with E-state index < -0.39 is 15.6 Å². The van der Waals surface area contributed by atoms with Crippen molar-refractivity contribution in [3.05, 3.63) is 0 Å². The molecule has 0 aromatic rings. The van der Waals surface area contributed by atoms with Crippen molar-refractivity contribution in [2.75, 3.05) is 52.3 Å². The van der Waals surface area contributed by atoms with Crippen LogP contribution in [0.5, 0.6) is 0 Å². The summed E-state index contributed by atoms with van der Waals surface area (Å²) in [6.07, 6.45) is 2.58. The number of hydrogen-bond acceptors (Lipinski definition) is 5. The molecule has 7 nitrogen and oxygen atoms in total.